The van der Waals surface area contributed by atoms with Crippen LogP contribution in [0.5, 0.6) is 23.0 Å². The lowest BCUT2D eigenvalue weighted by Gasteiger charge is -2.17. The summed E-state index contributed by atoms with van der Waals surface area (Å²) >= 11 is 0. The van der Waals surface area contributed by atoms with Crippen LogP contribution in [-0.4, -0.2) is 26.4 Å². The molecule has 0 unspecified atom stereocenters. The molecule has 0 aliphatic carbocycles. The number of aromatic hydroxyl groups is 1. The molecule has 0 fully saturated rings. The molecule has 0 aromatic heterocycles. The third kappa shape index (κ3) is 2.50. The second-order valence-electron chi connectivity index (χ2n) is 5.52. The van der Waals surface area contributed by atoms with Crippen molar-refractivity contribution < 1.29 is 19.3 Å². The van der Waals surface area contributed by atoms with Crippen LogP contribution in [0.2, 0.25) is 0 Å². The van der Waals surface area contributed by atoms with Crippen LogP contribution in [0.4, 0.5) is 0 Å². The van der Waals surface area contributed by atoms with Gasteiger partial charge >= 0.3 is 0 Å². The van der Waals surface area contributed by atoms with Crippen LogP contribution in [0, 0.1) is 6.92 Å². The van der Waals surface area contributed by atoms with Gasteiger partial charge in [-0.15, -0.1) is 0 Å². The molecule has 0 atom stereocenters. The summed E-state index contributed by atoms with van der Waals surface area (Å²) < 4.78 is 16.2. The van der Waals surface area contributed by atoms with Crippen molar-refractivity contribution in [2.45, 2.75) is 6.92 Å². The third-order valence-corrected chi connectivity index (χ3v) is 4.28. The van der Waals surface area contributed by atoms with Crippen molar-refractivity contribution in [3.8, 4) is 34.1 Å². The predicted molar refractivity (Wildman–Crippen MR) is 95.4 cm³/mol. The van der Waals surface area contributed by atoms with Gasteiger partial charge < -0.3 is 19.3 Å². The molecule has 1 N–H and O–H groups in total. The Morgan fingerprint density at radius 3 is 2.12 bits per heavy atom. The number of hydrogen-bond acceptors (Lipinski definition) is 4. The van der Waals surface area contributed by atoms with Crippen molar-refractivity contribution in [2.24, 2.45) is 0 Å². The number of ether oxygens (including phenoxy) is 3. The van der Waals surface area contributed by atoms with E-state index in [0.29, 0.717) is 11.5 Å². The molecule has 4 nitrogen and oxygen atoms in total. The fourth-order valence-electron chi connectivity index (χ4n) is 2.98. The van der Waals surface area contributed by atoms with Gasteiger partial charge in [0, 0.05) is 10.9 Å². The van der Waals surface area contributed by atoms with Gasteiger partial charge in [0.25, 0.3) is 0 Å². The maximum atomic E-state index is 10.4. The fourth-order valence-corrected chi connectivity index (χ4v) is 2.98. The SMILES string of the molecule is COc1ccc(-c2cc(O)c(C)c3c(OC)c(OC)ccc23)cc1. The first-order valence-electron chi connectivity index (χ1n) is 7.62. The van der Waals surface area contributed by atoms with E-state index in [4.69, 9.17) is 14.2 Å². The minimum atomic E-state index is 0.222. The Labute approximate surface area is 141 Å². The van der Waals surface area contributed by atoms with E-state index >= 15 is 0 Å². The van der Waals surface area contributed by atoms with E-state index in [1.165, 1.54) is 0 Å². The number of hydrogen-bond donors (Lipinski definition) is 1. The number of aryl methyl sites for hydroxylation is 1. The van der Waals surface area contributed by atoms with Crippen LogP contribution in [0.1, 0.15) is 5.56 Å². The number of rotatable bonds is 4. The van der Waals surface area contributed by atoms with E-state index in [2.05, 4.69) is 0 Å². The Balaban J connectivity index is 2.34. The smallest absolute Gasteiger partial charge is 0.168 e. The molecule has 0 radical (unpaired) electrons. The van der Waals surface area contributed by atoms with Gasteiger partial charge in [-0.2, -0.15) is 0 Å². The van der Waals surface area contributed by atoms with Crippen LogP contribution >= 0.6 is 0 Å². The minimum absolute atomic E-state index is 0.222. The normalized spacial score (nSPS) is 10.7. The monoisotopic (exact) mass is 324 g/mol. The second-order valence-corrected chi connectivity index (χ2v) is 5.52. The van der Waals surface area contributed by atoms with Crippen molar-refractivity contribution >= 4 is 10.8 Å². The number of fused-ring (bicyclic) bond motifs is 1. The average Bonchev–Trinajstić information content (AvgIpc) is 2.63. The molecule has 24 heavy (non-hydrogen) atoms. The summed E-state index contributed by atoms with van der Waals surface area (Å²) in [4.78, 5) is 0. The predicted octanol–water partition coefficient (Wildman–Crippen LogP) is 4.55. The summed E-state index contributed by atoms with van der Waals surface area (Å²) in [6, 6.07) is 13.4. The lowest BCUT2D eigenvalue weighted by atomic mass is 9.94. The molecule has 4 heteroatoms. The summed E-state index contributed by atoms with van der Waals surface area (Å²) in [7, 11) is 4.85. The number of phenolic OH excluding ortho intramolecular Hbond substituents is 1. The summed E-state index contributed by atoms with van der Waals surface area (Å²) in [6.07, 6.45) is 0. The van der Waals surface area contributed by atoms with Gasteiger partial charge in [0.2, 0.25) is 0 Å². The Hall–Kier alpha value is -2.88. The van der Waals surface area contributed by atoms with E-state index in [9.17, 15) is 5.11 Å². The van der Waals surface area contributed by atoms with Crippen molar-refractivity contribution in [3.05, 3.63) is 48.0 Å². The van der Waals surface area contributed by atoms with Crippen LogP contribution in [0.3, 0.4) is 0 Å². The van der Waals surface area contributed by atoms with Crippen LogP contribution in [0.15, 0.2) is 42.5 Å². The zero-order valence-electron chi connectivity index (χ0n) is 14.2. The number of methoxy groups -OCH3 is 3. The molecule has 3 aromatic rings. The highest BCUT2D eigenvalue weighted by Gasteiger charge is 2.17. The first-order valence-corrected chi connectivity index (χ1v) is 7.62. The highest BCUT2D eigenvalue weighted by Crippen LogP contribution is 2.44. The molecule has 0 aliphatic rings. The zero-order chi connectivity index (χ0) is 17.3. The van der Waals surface area contributed by atoms with Crippen molar-refractivity contribution in [2.75, 3.05) is 21.3 Å². The maximum Gasteiger partial charge on any atom is 0.168 e. The lowest BCUT2D eigenvalue weighted by Crippen LogP contribution is -1.95. The van der Waals surface area contributed by atoms with Crippen LogP contribution in [-0.2, 0) is 0 Å². The first-order chi connectivity index (χ1) is 11.6. The molecule has 0 saturated carbocycles. The van der Waals surface area contributed by atoms with E-state index < -0.39 is 0 Å². The van der Waals surface area contributed by atoms with Gasteiger partial charge in [0.15, 0.2) is 11.5 Å². The van der Waals surface area contributed by atoms with Crippen molar-refractivity contribution in [3.63, 3.8) is 0 Å². The summed E-state index contributed by atoms with van der Waals surface area (Å²) in [5.41, 5.74) is 2.68. The number of phenols is 1. The van der Waals surface area contributed by atoms with Crippen molar-refractivity contribution in [1.29, 1.82) is 0 Å². The minimum Gasteiger partial charge on any atom is -0.508 e. The van der Waals surface area contributed by atoms with Gasteiger partial charge in [-0.25, -0.2) is 0 Å². The molecule has 124 valence electrons. The van der Waals surface area contributed by atoms with E-state index in [1.54, 1.807) is 27.4 Å². The standard InChI is InChI=1S/C20H20O4/c1-12-17(21)11-16(13-5-7-14(22-2)8-6-13)15-9-10-18(23-3)20(24-4)19(12)15/h5-11,21H,1-4H3. The van der Waals surface area contributed by atoms with Crippen LogP contribution < -0.4 is 14.2 Å². The topological polar surface area (TPSA) is 47.9 Å². The van der Waals surface area contributed by atoms with Gasteiger partial charge in [0.05, 0.1) is 21.3 Å². The van der Waals surface area contributed by atoms with Gasteiger partial charge in [0.1, 0.15) is 11.5 Å². The summed E-state index contributed by atoms with van der Waals surface area (Å²) in [5, 5.41) is 12.3. The van der Waals surface area contributed by atoms with Crippen LogP contribution in [0.25, 0.3) is 21.9 Å². The van der Waals surface area contributed by atoms with Gasteiger partial charge in [-0.1, -0.05) is 12.1 Å². The summed E-state index contributed by atoms with van der Waals surface area (Å²) in [6.45, 7) is 1.87. The second kappa shape index (κ2) is 6.32. The molecular formula is C20H20O4. The quantitative estimate of drug-likeness (QED) is 0.765. The Kier molecular flexibility index (Phi) is 4.21. The van der Waals surface area contributed by atoms with E-state index in [1.807, 2.05) is 43.3 Å². The Morgan fingerprint density at radius 2 is 1.54 bits per heavy atom. The third-order valence-electron chi connectivity index (χ3n) is 4.28. The average molecular weight is 324 g/mol. The molecular weight excluding hydrogens is 304 g/mol. The van der Waals surface area contributed by atoms with Gasteiger partial charge in [-0.3, -0.25) is 0 Å². The largest absolute Gasteiger partial charge is 0.508 e. The molecule has 3 rings (SSSR count). The number of benzene rings is 3. The maximum absolute atomic E-state index is 10.4. The fraction of sp³-hybridized carbons (Fsp3) is 0.200. The van der Waals surface area contributed by atoms with E-state index in [0.717, 1.165) is 33.2 Å². The van der Waals surface area contributed by atoms with E-state index in [-0.39, 0.29) is 5.75 Å². The highest BCUT2D eigenvalue weighted by atomic mass is 16.5. The highest BCUT2D eigenvalue weighted by molar-refractivity contribution is 6.04. The van der Waals surface area contributed by atoms with Crippen molar-refractivity contribution in [1.82, 2.24) is 0 Å². The Morgan fingerprint density at radius 1 is 0.833 bits per heavy atom. The molecule has 3 aromatic carbocycles. The molecule has 0 bridgehead atoms. The molecule has 0 spiro atoms. The summed E-state index contributed by atoms with van der Waals surface area (Å²) in [5.74, 6) is 2.27. The lowest BCUT2D eigenvalue weighted by molar-refractivity contribution is 0.358. The Bertz CT molecular complexity index is 883. The molecule has 0 saturated heterocycles. The van der Waals surface area contributed by atoms with Gasteiger partial charge in [-0.05, 0) is 53.8 Å². The molecule has 0 heterocycles. The molecule has 0 amide bonds. The molecule has 0 aliphatic heterocycles. The first kappa shape index (κ1) is 16.0. The zero-order valence-corrected chi connectivity index (χ0v) is 14.2.